The van der Waals surface area contributed by atoms with Gasteiger partial charge in [0.15, 0.2) is 0 Å². The largest absolute Gasteiger partial charge is 0.497 e. The number of hydrogen-bond acceptors (Lipinski definition) is 5. The number of aromatic nitrogens is 2. The third-order valence-electron chi connectivity index (χ3n) is 3.69. The van der Waals surface area contributed by atoms with E-state index in [1.54, 1.807) is 7.11 Å². The van der Waals surface area contributed by atoms with Crippen LogP contribution in [0.25, 0.3) is 11.4 Å². The molecule has 2 aromatic rings. The van der Waals surface area contributed by atoms with Gasteiger partial charge in [0.1, 0.15) is 5.75 Å². The molecule has 0 spiro atoms. The number of nitrogens with zero attached hydrogens (tertiary/aromatic N) is 2. The summed E-state index contributed by atoms with van der Waals surface area (Å²) in [5.74, 6) is 2.03. The highest BCUT2D eigenvalue weighted by Gasteiger charge is 2.16. The van der Waals surface area contributed by atoms with E-state index in [4.69, 9.17) is 9.26 Å². The third kappa shape index (κ3) is 2.99. The SMILES string of the molecule is COc1cccc(-c2noc(CNC3CCCC3)n2)c1. The minimum atomic E-state index is 0.599. The Morgan fingerprint density at radius 2 is 2.20 bits per heavy atom. The summed E-state index contributed by atoms with van der Waals surface area (Å²) in [6.07, 6.45) is 5.13. The standard InChI is InChI=1S/C15H19N3O2/c1-19-13-8-4-5-11(9-13)15-17-14(20-18-15)10-16-12-6-2-3-7-12/h4-5,8-9,12,16H,2-3,6-7,10H2,1H3. The van der Waals surface area contributed by atoms with Crippen LogP contribution in [0, 0.1) is 0 Å². The zero-order chi connectivity index (χ0) is 13.8. The van der Waals surface area contributed by atoms with Crippen molar-refractivity contribution in [1.29, 1.82) is 0 Å². The van der Waals surface area contributed by atoms with Gasteiger partial charge in [-0.15, -0.1) is 0 Å². The van der Waals surface area contributed by atoms with E-state index in [1.807, 2.05) is 24.3 Å². The van der Waals surface area contributed by atoms with Crippen LogP contribution in [0.1, 0.15) is 31.6 Å². The van der Waals surface area contributed by atoms with Gasteiger partial charge in [-0.1, -0.05) is 30.1 Å². The lowest BCUT2D eigenvalue weighted by Crippen LogP contribution is -2.25. The fraction of sp³-hybridized carbons (Fsp3) is 0.467. The number of benzene rings is 1. The van der Waals surface area contributed by atoms with Crippen LogP contribution < -0.4 is 10.1 Å². The van der Waals surface area contributed by atoms with Crippen molar-refractivity contribution in [2.45, 2.75) is 38.3 Å². The molecule has 1 aliphatic rings. The molecule has 1 aromatic carbocycles. The lowest BCUT2D eigenvalue weighted by atomic mass is 10.2. The Labute approximate surface area is 118 Å². The molecule has 1 heterocycles. The van der Waals surface area contributed by atoms with Crippen molar-refractivity contribution in [3.05, 3.63) is 30.2 Å². The van der Waals surface area contributed by atoms with Gasteiger partial charge in [-0.25, -0.2) is 0 Å². The molecule has 3 rings (SSSR count). The highest BCUT2D eigenvalue weighted by atomic mass is 16.5. The second-order valence-corrected chi connectivity index (χ2v) is 5.11. The maximum atomic E-state index is 5.29. The van der Waals surface area contributed by atoms with E-state index in [1.165, 1.54) is 25.7 Å². The molecule has 0 unspecified atom stereocenters. The molecule has 1 aromatic heterocycles. The van der Waals surface area contributed by atoms with Gasteiger partial charge in [-0.3, -0.25) is 0 Å². The molecule has 0 radical (unpaired) electrons. The molecule has 20 heavy (non-hydrogen) atoms. The summed E-state index contributed by atoms with van der Waals surface area (Å²) < 4.78 is 10.5. The van der Waals surface area contributed by atoms with Crippen molar-refractivity contribution < 1.29 is 9.26 Å². The Hall–Kier alpha value is -1.88. The molecular weight excluding hydrogens is 254 g/mol. The Bertz CT molecular complexity index is 562. The smallest absolute Gasteiger partial charge is 0.240 e. The zero-order valence-corrected chi connectivity index (χ0v) is 11.6. The maximum Gasteiger partial charge on any atom is 0.240 e. The lowest BCUT2D eigenvalue weighted by Gasteiger charge is -2.08. The van der Waals surface area contributed by atoms with Crippen LogP contribution >= 0.6 is 0 Å². The predicted octanol–water partition coefficient (Wildman–Crippen LogP) is 2.78. The topological polar surface area (TPSA) is 60.2 Å². The third-order valence-corrected chi connectivity index (χ3v) is 3.69. The number of ether oxygens (including phenoxy) is 1. The average molecular weight is 273 g/mol. The minimum absolute atomic E-state index is 0.599. The lowest BCUT2D eigenvalue weighted by molar-refractivity contribution is 0.357. The quantitative estimate of drug-likeness (QED) is 0.907. The van der Waals surface area contributed by atoms with Gasteiger partial charge in [0.2, 0.25) is 11.7 Å². The summed E-state index contributed by atoms with van der Waals surface area (Å²) in [5.41, 5.74) is 0.903. The molecule has 1 N–H and O–H groups in total. The molecule has 5 nitrogen and oxygen atoms in total. The van der Waals surface area contributed by atoms with Crippen LogP contribution in [0.3, 0.4) is 0 Å². The molecule has 5 heteroatoms. The summed E-state index contributed by atoms with van der Waals surface area (Å²) in [6.45, 7) is 0.641. The van der Waals surface area contributed by atoms with Crippen molar-refractivity contribution in [2.24, 2.45) is 0 Å². The second kappa shape index (κ2) is 6.05. The number of nitrogens with one attached hydrogen (secondary N) is 1. The highest BCUT2D eigenvalue weighted by molar-refractivity contribution is 5.56. The van der Waals surface area contributed by atoms with E-state index < -0.39 is 0 Å². The maximum absolute atomic E-state index is 5.29. The summed E-state index contributed by atoms with van der Waals surface area (Å²) >= 11 is 0. The molecule has 106 valence electrons. The highest BCUT2D eigenvalue weighted by Crippen LogP contribution is 2.21. The predicted molar refractivity (Wildman–Crippen MR) is 75.4 cm³/mol. The van der Waals surface area contributed by atoms with Gasteiger partial charge in [0.25, 0.3) is 0 Å². The first-order valence-electron chi connectivity index (χ1n) is 7.05. The number of rotatable bonds is 5. The molecule has 0 saturated heterocycles. The monoisotopic (exact) mass is 273 g/mol. The average Bonchev–Trinajstić information content (AvgIpc) is 3.16. The van der Waals surface area contributed by atoms with Crippen molar-refractivity contribution in [3.8, 4) is 17.1 Å². The van der Waals surface area contributed by atoms with Gasteiger partial charge in [0, 0.05) is 11.6 Å². The molecule has 0 bridgehead atoms. The van der Waals surface area contributed by atoms with Crippen LogP contribution in [0.15, 0.2) is 28.8 Å². The molecule has 1 fully saturated rings. The first-order valence-corrected chi connectivity index (χ1v) is 7.05. The van der Waals surface area contributed by atoms with Crippen LogP contribution in [-0.4, -0.2) is 23.3 Å². The van der Waals surface area contributed by atoms with Crippen molar-refractivity contribution in [2.75, 3.05) is 7.11 Å². The summed E-state index contributed by atoms with van der Waals surface area (Å²) in [4.78, 5) is 4.42. The first kappa shape index (κ1) is 13.1. The Morgan fingerprint density at radius 3 is 3.00 bits per heavy atom. The van der Waals surface area contributed by atoms with Gasteiger partial charge >= 0.3 is 0 Å². The van der Waals surface area contributed by atoms with Gasteiger partial charge in [-0.2, -0.15) is 4.98 Å². The second-order valence-electron chi connectivity index (χ2n) is 5.11. The normalized spacial score (nSPS) is 15.7. The van der Waals surface area contributed by atoms with E-state index in [0.29, 0.717) is 24.3 Å². The van der Waals surface area contributed by atoms with Gasteiger partial charge in [-0.05, 0) is 25.0 Å². The minimum Gasteiger partial charge on any atom is -0.497 e. The summed E-state index contributed by atoms with van der Waals surface area (Å²) in [7, 11) is 1.65. The molecule has 1 saturated carbocycles. The molecule has 0 amide bonds. The number of methoxy groups -OCH3 is 1. The van der Waals surface area contributed by atoms with Crippen molar-refractivity contribution in [3.63, 3.8) is 0 Å². The molecular formula is C15H19N3O2. The fourth-order valence-corrected chi connectivity index (χ4v) is 2.57. The van der Waals surface area contributed by atoms with E-state index in [0.717, 1.165) is 11.3 Å². The van der Waals surface area contributed by atoms with Crippen molar-refractivity contribution in [1.82, 2.24) is 15.5 Å². The van der Waals surface area contributed by atoms with Gasteiger partial charge < -0.3 is 14.6 Å². The Kier molecular flexibility index (Phi) is 3.97. The van der Waals surface area contributed by atoms with Crippen LogP contribution in [0.2, 0.25) is 0 Å². The zero-order valence-electron chi connectivity index (χ0n) is 11.6. The Balaban J connectivity index is 1.66. The molecule has 0 atom stereocenters. The van der Waals surface area contributed by atoms with E-state index in [2.05, 4.69) is 15.5 Å². The van der Waals surface area contributed by atoms with Crippen LogP contribution in [0.5, 0.6) is 5.75 Å². The molecule has 0 aliphatic heterocycles. The van der Waals surface area contributed by atoms with Gasteiger partial charge in [0.05, 0.1) is 13.7 Å². The Morgan fingerprint density at radius 1 is 1.35 bits per heavy atom. The molecule has 1 aliphatic carbocycles. The van der Waals surface area contributed by atoms with E-state index in [-0.39, 0.29) is 0 Å². The van der Waals surface area contributed by atoms with E-state index >= 15 is 0 Å². The summed E-state index contributed by atoms with van der Waals surface area (Å²) in [5, 5.41) is 7.49. The van der Waals surface area contributed by atoms with Crippen LogP contribution in [0.4, 0.5) is 0 Å². The fourth-order valence-electron chi connectivity index (χ4n) is 2.57. The summed E-state index contributed by atoms with van der Waals surface area (Å²) in [6, 6.07) is 8.26. The van der Waals surface area contributed by atoms with E-state index in [9.17, 15) is 0 Å². The van der Waals surface area contributed by atoms with Crippen LogP contribution in [-0.2, 0) is 6.54 Å². The first-order chi connectivity index (χ1) is 9.85. The number of hydrogen-bond donors (Lipinski definition) is 1. The van der Waals surface area contributed by atoms with Crippen molar-refractivity contribution >= 4 is 0 Å².